The SMILES string of the molecule is CN1CCN(c2cccc3c(Cc4ccccc4)c(C#N)oc23)CC1. The molecule has 2 heterocycles. The Balaban J connectivity index is 1.77. The number of para-hydroxylation sites is 1. The Hall–Kier alpha value is -2.77. The van der Waals surface area contributed by atoms with Gasteiger partial charge in [0.25, 0.3) is 0 Å². The summed E-state index contributed by atoms with van der Waals surface area (Å²) in [6.07, 6.45) is 0.711. The summed E-state index contributed by atoms with van der Waals surface area (Å²) in [5.41, 5.74) is 4.11. The van der Waals surface area contributed by atoms with Crippen molar-refractivity contribution < 1.29 is 4.42 Å². The van der Waals surface area contributed by atoms with Crippen LogP contribution in [-0.2, 0) is 6.42 Å². The number of nitriles is 1. The van der Waals surface area contributed by atoms with Gasteiger partial charge in [-0.25, -0.2) is 0 Å². The Labute approximate surface area is 147 Å². The molecule has 0 spiro atoms. The highest BCUT2D eigenvalue weighted by Gasteiger charge is 2.21. The first-order valence-electron chi connectivity index (χ1n) is 8.68. The zero-order valence-corrected chi connectivity index (χ0v) is 14.4. The van der Waals surface area contributed by atoms with Gasteiger partial charge in [0.2, 0.25) is 5.76 Å². The molecule has 0 radical (unpaired) electrons. The van der Waals surface area contributed by atoms with E-state index in [1.807, 2.05) is 18.2 Å². The van der Waals surface area contributed by atoms with Crippen molar-refractivity contribution in [2.24, 2.45) is 0 Å². The Morgan fingerprint density at radius 1 is 1.00 bits per heavy atom. The van der Waals surface area contributed by atoms with Gasteiger partial charge in [0.1, 0.15) is 6.07 Å². The third kappa shape index (κ3) is 2.99. The number of piperazine rings is 1. The molecule has 2 aromatic carbocycles. The maximum absolute atomic E-state index is 9.57. The van der Waals surface area contributed by atoms with Gasteiger partial charge in [-0.2, -0.15) is 5.26 Å². The number of fused-ring (bicyclic) bond motifs is 1. The van der Waals surface area contributed by atoms with Gasteiger partial charge in [0.15, 0.2) is 5.58 Å². The number of hydrogen-bond donors (Lipinski definition) is 0. The normalized spacial score (nSPS) is 15.4. The maximum Gasteiger partial charge on any atom is 0.208 e. The third-order valence-electron chi connectivity index (χ3n) is 4.97. The molecule has 1 fully saturated rings. The highest BCUT2D eigenvalue weighted by Crippen LogP contribution is 2.34. The lowest BCUT2D eigenvalue weighted by Gasteiger charge is -2.33. The topological polar surface area (TPSA) is 43.4 Å². The van der Waals surface area contributed by atoms with E-state index < -0.39 is 0 Å². The second-order valence-corrected chi connectivity index (χ2v) is 6.63. The quantitative estimate of drug-likeness (QED) is 0.735. The predicted molar refractivity (Wildman–Crippen MR) is 99.9 cm³/mol. The van der Waals surface area contributed by atoms with Crippen LogP contribution >= 0.6 is 0 Å². The number of anilines is 1. The number of likely N-dealkylation sites (N-methyl/N-ethyl adjacent to an activating group) is 1. The summed E-state index contributed by atoms with van der Waals surface area (Å²) in [5, 5.41) is 10.6. The van der Waals surface area contributed by atoms with E-state index in [-0.39, 0.29) is 0 Å². The molecule has 1 aliphatic rings. The average molecular weight is 331 g/mol. The first-order chi connectivity index (χ1) is 12.3. The van der Waals surface area contributed by atoms with E-state index in [1.54, 1.807) is 0 Å². The Morgan fingerprint density at radius 3 is 2.48 bits per heavy atom. The van der Waals surface area contributed by atoms with Crippen LogP contribution < -0.4 is 4.90 Å². The largest absolute Gasteiger partial charge is 0.443 e. The van der Waals surface area contributed by atoms with Gasteiger partial charge < -0.3 is 14.2 Å². The summed E-state index contributed by atoms with van der Waals surface area (Å²) in [6.45, 7) is 4.04. The van der Waals surface area contributed by atoms with Gasteiger partial charge >= 0.3 is 0 Å². The fraction of sp³-hybridized carbons (Fsp3) is 0.286. The molecule has 1 aromatic heterocycles. The smallest absolute Gasteiger partial charge is 0.208 e. The number of furan rings is 1. The minimum absolute atomic E-state index is 0.431. The molecule has 25 heavy (non-hydrogen) atoms. The Morgan fingerprint density at radius 2 is 1.76 bits per heavy atom. The fourth-order valence-electron chi connectivity index (χ4n) is 3.52. The molecule has 4 rings (SSSR count). The molecule has 1 aliphatic heterocycles. The molecule has 1 saturated heterocycles. The predicted octanol–water partition coefficient (Wildman–Crippen LogP) is 3.65. The van der Waals surface area contributed by atoms with Crippen LogP contribution in [-0.4, -0.2) is 38.1 Å². The van der Waals surface area contributed by atoms with Crippen molar-refractivity contribution in [3.63, 3.8) is 0 Å². The molecule has 3 aromatic rings. The van der Waals surface area contributed by atoms with E-state index in [0.29, 0.717) is 12.2 Å². The van der Waals surface area contributed by atoms with Gasteiger partial charge in [-0.15, -0.1) is 0 Å². The van der Waals surface area contributed by atoms with E-state index in [4.69, 9.17) is 4.42 Å². The van der Waals surface area contributed by atoms with Crippen molar-refractivity contribution in [3.8, 4) is 6.07 Å². The van der Waals surface area contributed by atoms with Crippen molar-refractivity contribution in [1.29, 1.82) is 5.26 Å². The fourth-order valence-corrected chi connectivity index (χ4v) is 3.52. The molecule has 0 bridgehead atoms. The summed E-state index contributed by atoms with van der Waals surface area (Å²) in [7, 11) is 2.15. The van der Waals surface area contributed by atoms with Crippen molar-refractivity contribution in [2.45, 2.75) is 6.42 Å². The highest BCUT2D eigenvalue weighted by molar-refractivity contribution is 5.93. The van der Waals surface area contributed by atoms with Crippen LogP contribution in [0, 0.1) is 11.3 Å². The number of nitrogens with zero attached hydrogens (tertiary/aromatic N) is 3. The third-order valence-corrected chi connectivity index (χ3v) is 4.97. The molecule has 126 valence electrons. The zero-order chi connectivity index (χ0) is 17.2. The first kappa shape index (κ1) is 15.7. The molecule has 0 unspecified atom stereocenters. The lowest BCUT2D eigenvalue weighted by atomic mass is 10.0. The minimum atomic E-state index is 0.431. The monoisotopic (exact) mass is 331 g/mol. The van der Waals surface area contributed by atoms with Crippen LogP contribution in [0.4, 0.5) is 5.69 Å². The van der Waals surface area contributed by atoms with E-state index in [2.05, 4.69) is 53.2 Å². The second kappa shape index (κ2) is 6.62. The number of hydrogen-bond acceptors (Lipinski definition) is 4. The molecular formula is C21H21N3O. The van der Waals surface area contributed by atoms with Crippen LogP contribution in [0.3, 0.4) is 0 Å². The van der Waals surface area contributed by atoms with Crippen molar-refractivity contribution >= 4 is 16.7 Å². The molecular weight excluding hydrogens is 310 g/mol. The molecule has 0 aliphatic carbocycles. The standard InChI is InChI=1S/C21H21N3O/c1-23-10-12-24(13-11-23)19-9-5-8-17-18(20(15-22)25-21(17)19)14-16-6-3-2-4-7-16/h2-9H,10-14H2,1H3. The van der Waals surface area contributed by atoms with Crippen molar-refractivity contribution in [1.82, 2.24) is 4.90 Å². The molecule has 0 saturated carbocycles. The van der Waals surface area contributed by atoms with Gasteiger partial charge in [0.05, 0.1) is 5.69 Å². The molecule has 4 heteroatoms. The lowest BCUT2D eigenvalue weighted by molar-refractivity contribution is 0.313. The van der Waals surface area contributed by atoms with Gasteiger partial charge in [0, 0.05) is 43.5 Å². The number of benzene rings is 2. The molecule has 4 nitrogen and oxygen atoms in total. The van der Waals surface area contributed by atoms with E-state index >= 15 is 0 Å². The van der Waals surface area contributed by atoms with Crippen molar-refractivity contribution in [2.75, 3.05) is 38.1 Å². The average Bonchev–Trinajstić information content (AvgIpc) is 3.01. The summed E-state index contributed by atoms with van der Waals surface area (Å²) < 4.78 is 6.02. The van der Waals surface area contributed by atoms with Crippen LogP contribution in [0.15, 0.2) is 52.9 Å². The van der Waals surface area contributed by atoms with Crippen LogP contribution in [0.5, 0.6) is 0 Å². The summed E-state index contributed by atoms with van der Waals surface area (Å²) in [6, 6.07) is 18.7. The molecule has 0 amide bonds. The van der Waals surface area contributed by atoms with Gasteiger partial charge in [-0.3, -0.25) is 0 Å². The molecule has 0 atom stereocenters. The van der Waals surface area contributed by atoms with Crippen LogP contribution in [0.1, 0.15) is 16.9 Å². The van der Waals surface area contributed by atoms with Crippen molar-refractivity contribution in [3.05, 3.63) is 65.4 Å². The highest BCUT2D eigenvalue weighted by atomic mass is 16.3. The zero-order valence-electron chi connectivity index (χ0n) is 14.4. The number of rotatable bonds is 3. The maximum atomic E-state index is 9.57. The first-order valence-corrected chi connectivity index (χ1v) is 8.68. The van der Waals surface area contributed by atoms with E-state index in [9.17, 15) is 5.26 Å². The molecule has 0 N–H and O–H groups in total. The van der Waals surface area contributed by atoms with Gasteiger partial charge in [-0.05, 0) is 18.7 Å². The summed E-state index contributed by atoms with van der Waals surface area (Å²) >= 11 is 0. The second-order valence-electron chi connectivity index (χ2n) is 6.63. The minimum Gasteiger partial charge on any atom is -0.443 e. The summed E-state index contributed by atoms with van der Waals surface area (Å²) in [4.78, 5) is 4.69. The Bertz CT molecular complexity index is 915. The summed E-state index contributed by atoms with van der Waals surface area (Å²) in [5.74, 6) is 0.431. The van der Waals surface area contributed by atoms with Crippen LogP contribution in [0.2, 0.25) is 0 Å². The van der Waals surface area contributed by atoms with Gasteiger partial charge in [-0.1, -0.05) is 42.5 Å². The Kier molecular flexibility index (Phi) is 4.17. The van der Waals surface area contributed by atoms with Crippen LogP contribution in [0.25, 0.3) is 11.0 Å². The lowest BCUT2D eigenvalue weighted by Crippen LogP contribution is -2.44. The van der Waals surface area contributed by atoms with E-state index in [1.165, 1.54) is 5.56 Å². The van der Waals surface area contributed by atoms with E-state index in [0.717, 1.165) is 48.4 Å².